The van der Waals surface area contributed by atoms with Crippen LogP contribution in [0.3, 0.4) is 0 Å². The predicted octanol–water partition coefficient (Wildman–Crippen LogP) is 2.99. The van der Waals surface area contributed by atoms with Gasteiger partial charge in [0.25, 0.3) is 0 Å². The van der Waals surface area contributed by atoms with Crippen LogP contribution in [-0.2, 0) is 14.2 Å². The largest absolute Gasteiger partial charge is 0.382 e. The second kappa shape index (κ2) is 15.1. The van der Waals surface area contributed by atoms with E-state index < -0.39 is 0 Å². The number of hydrogen-bond acceptors (Lipinski definition) is 4. The third kappa shape index (κ3) is 9.23. The zero-order chi connectivity index (χ0) is 18.5. The molecule has 27 heavy (non-hydrogen) atoms. The first-order chi connectivity index (χ1) is 12.8. The van der Waals surface area contributed by atoms with Gasteiger partial charge < -0.3 is 24.8 Å². The minimum atomic E-state index is 0. The number of benzene rings is 1. The molecule has 0 spiro atoms. The Balaban J connectivity index is 0.00000364. The molecule has 0 aliphatic carbocycles. The smallest absolute Gasteiger partial charge is 0.191 e. The van der Waals surface area contributed by atoms with E-state index in [2.05, 4.69) is 41.8 Å². The summed E-state index contributed by atoms with van der Waals surface area (Å²) >= 11 is 0. The van der Waals surface area contributed by atoms with E-state index in [0.29, 0.717) is 19.1 Å². The first kappa shape index (κ1) is 24.1. The van der Waals surface area contributed by atoms with Crippen molar-refractivity contribution in [3.05, 3.63) is 35.9 Å². The molecule has 1 aliphatic heterocycles. The van der Waals surface area contributed by atoms with Crippen molar-refractivity contribution in [2.24, 2.45) is 10.9 Å². The maximum atomic E-state index is 5.95. The van der Waals surface area contributed by atoms with Crippen LogP contribution >= 0.6 is 24.0 Å². The van der Waals surface area contributed by atoms with Crippen molar-refractivity contribution >= 4 is 29.9 Å². The average Bonchev–Trinajstić information content (AvgIpc) is 3.14. The molecule has 2 unspecified atom stereocenters. The van der Waals surface area contributed by atoms with Gasteiger partial charge in [0, 0.05) is 45.9 Å². The van der Waals surface area contributed by atoms with Gasteiger partial charge in [0.1, 0.15) is 0 Å². The number of hydrogen-bond donors (Lipinski definition) is 2. The van der Waals surface area contributed by atoms with Gasteiger partial charge in [0.2, 0.25) is 0 Å². The summed E-state index contributed by atoms with van der Waals surface area (Å²) in [7, 11) is 1.68. The molecule has 1 saturated heterocycles. The minimum Gasteiger partial charge on any atom is -0.382 e. The SMILES string of the molecule is CCNC(=NCC1CCOC1c1ccccc1)NCCCOCCOC.I. The van der Waals surface area contributed by atoms with Crippen LogP contribution in [0.4, 0.5) is 0 Å². The lowest BCUT2D eigenvalue weighted by Gasteiger charge is -2.18. The van der Waals surface area contributed by atoms with Crippen molar-refractivity contribution in [3.63, 3.8) is 0 Å². The van der Waals surface area contributed by atoms with E-state index >= 15 is 0 Å². The summed E-state index contributed by atoms with van der Waals surface area (Å²) in [6.07, 6.45) is 2.14. The van der Waals surface area contributed by atoms with Crippen LogP contribution in [0.5, 0.6) is 0 Å². The fraction of sp³-hybridized carbons (Fsp3) is 0.650. The summed E-state index contributed by atoms with van der Waals surface area (Å²) in [6, 6.07) is 10.5. The van der Waals surface area contributed by atoms with Crippen LogP contribution in [0.2, 0.25) is 0 Å². The van der Waals surface area contributed by atoms with Crippen molar-refractivity contribution in [1.29, 1.82) is 0 Å². The molecule has 154 valence electrons. The van der Waals surface area contributed by atoms with Gasteiger partial charge >= 0.3 is 0 Å². The molecule has 0 radical (unpaired) electrons. The van der Waals surface area contributed by atoms with E-state index in [-0.39, 0.29) is 30.1 Å². The highest BCUT2D eigenvalue weighted by atomic mass is 127. The Morgan fingerprint density at radius 1 is 1.19 bits per heavy atom. The quantitative estimate of drug-likeness (QED) is 0.216. The first-order valence-electron chi connectivity index (χ1n) is 9.60. The highest BCUT2D eigenvalue weighted by molar-refractivity contribution is 14.0. The molecule has 0 amide bonds. The number of methoxy groups -OCH3 is 1. The van der Waals surface area contributed by atoms with Gasteiger partial charge in [-0.1, -0.05) is 30.3 Å². The summed E-state index contributed by atoms with van der Waals surface area (Å²) in [5, 5.41) is 6.69. The van der Waals surface area contributed by atoms with E-state index in [1.165, 1.54) is 5.56 Å². The number of nitrogens with one attached hydrogen (secondary N) is 2. The maximum absolute atomic E-state index is 5.95. The fourth-order valence-corrected chi connectivity index (χ4v) is 3.01. The normalized spacial score (nSPS) is 19.6. The Kier molecular flexibility index (Phi) is 13.5. The van der Waals surface area contributed by atoms with Gasteiger partial charge in [-0.25, -0.2) is 0 Å². The number of ether oxygens (including phenoxy) is 3. The molecule has 1 heterocycles. The molecular formula is C20H34IN3O3. The molecule has 2 N–H and O–H groups in total. The van der Waals surface area contributed by atoms with Gasteiger partial charge in [-0.15, -0.1) is 24.0 Å². The van der Waals surface area contributed by atoms with Gasteiger partial charge in [-0.2, -0.15) is 0 Å². The monoisotopic (exact) mass is 491 g/mol. The second-order valence-electron chi connectivity index (χ2n) is 6.36. The summed E-state index contributed by atoms with van der Waals surface area (Å²) in [4.78, 5) is 4.77. The van der Waals surface area contributed by atoms with Crippen LogP contribution in [-0.4, -0.2) is 59.1 Å². The van der Waals surface area contributed by atoms with E-state index in [1.54, 1.807) is 7.11 Å². The Hall–Kier alpha value is -0.900. The molecule has 6 nitrogen and oxygen atoms in total. The van der Waals surface area contributed by atoms with E-state index in [9.17, 15) is 0 Å². The standard InChI is InChI=1S/C20H33N3O3.HI/c1-3-21-20(22-11-7-12-25-15-14-24-2)23-16-18-10-13-26-19(18)17-8-5-4-6-9-17;/h4-6,8-9,18-19H,3,7,10-16H2,1-2H3,(H2,21,22,23);1H. The number of guanidine groups is 1. The highest BCUT2D eigenvalue weighted by Gasteiger charge is 2.29. The van der Waals surface area contributed by atoms with E-state index in [4.69, 9.17) is 19.2 Å². The van der Waals surface area contributed by atoms with Crippen molar-refractivity contribution < 1.29 is 14.2 Å². The average molecular weight is 491 g/mol. The molecular weight excluding hydrogens is 457 g/mol. The molecule has 0 saturated carbocycles. The van der Waals surface area contributed by atoms with Crippen molar-refractivity contribution in [2.75, 3.05) is 53.2 Å². The molecule has 2 rings (SSSR count). The molecule has 1 aliphatic rings. The molecule has 1 fully saturated rings. The van der Waals surface area contributed by atoms with E-state index in [1.807, 2.05) is 6.07 Å². The maximum Gasteiger partial charge on any atom is 0.191 e. The lowest BCUT2D eigenvalue weighted by atomic mass is 9.95. The summed E-state index contributed by atoms with van der Waals surface area (Å²) in [6.45, 7) is 7.35. The van der Waals surface area contributed by atoms with Crippen LogP contribution in [0, 0.1) is 5.92 Å². The number of aliphatic imine (C=N–C) groups is 1. The van der Waals surface area contributed by atoms with Crippen LogP contribution in [0.15, 0.2) is 35.3 Å². The Morgan fingerprint density at radius 2 is 2.00 bits per heavy atom. The van der Waals surface area contributed by atoms with Crippen molar-refractivity contribution in [2.45, 2.75) is 25.9 Å². The van der Waals surface area contributed by atoms with Gasteiger partial charge in [0.15, 0.2) is 5.96 Å². The Labute approximate surface area is 180 Å². The number of nitrogens with zero attached hydrogens (tertiary/aromatic N) is 1. The van der Waals surface area contributed by atoms with Crippen LogP contribution in [0.1, 0.15) is 31.4 Å². The van der Waals surface area contributed by atoms with Gasteiger partial charge in [0.05, 0.1) is 19.3 Å². The highest BCUT2D eigenvalue weighted by Crippen LogP contribution is 2.34. The van der Waals surface area contributed by atoms with Gasteiger partial charge in [-0.05, 0) is 25.3 Å². The lowest BCUT2D eigenvalue weighted by Crippen LogP contribution is -2.38. The van der Waals surface area contributed by atoms with Gasteiger partial charge in [-0.3, -0.25) is 4.99 Å². The van der Waals surface area contributed by atoms with E-state index in [0.717, 1.165) is 51.6 Å². The topological polar surface area (TPSA) is 64.1 Å². The second-order valence-corrected chi connectivity index (χ2v) is 6.36. The zero-order valence-corrected chi connectivity index (χ0v) is 18.8. The van der Waals surface area contributed by atoms with Crippen LogP contribution in [0.25, 0.3) is 0 Å². The molecule has 1 aromatic rings. The Bertz CT molecular complexity index is 516. The van der Waals surface area contributed by atoms with Crippen LogP contribution < -0.4 is 10.6 Å². The third-order valence-electron chi connectivity index (χ3n) is 4.36. The summed E-state index contributed by atoms with van der Waals surface area (Å²) < 4.78 is 16.4. The third-order valence-corrected chi connectivity index (χ3v) is 4.36. The Morgan fingerprint density at radius 3 is 2.74 bits per heavy atom. The summed E-state index contributed by atoms with van der Waals surface area (Å²) in [5.74, 6) is 1.29. The molecule has 0 aromatic heterocycles. The number of halogens is 1. The van der Waals surface area contributed by atoms with Crippen molar-refractivity contribution in [3.8, 4) is 0 Å². The first-order valence-corrected chi connectivity index (χ1v) is 9.60. The summed E-state index contributed by atoms with van der Waals surface area (Å²) in [5.41, 5.74) is 1.25. The number of rotatable bonds is 11. The van der Waals surface area contributed by atoms with Crippen molar-refractivity contribution in [1.82, 2.24) is 10.6 Å². The lowest BCUT2D eigenvalue weighted by molar-refractivity contribution is 0.0698. The molecule has 2 atom stereocenters. The molecule has 0 bridgehead atoms. The fourth-order valence-electron chi connectivity index (χ4n) is 3.01. The predicted molar refractivity (Wildman–Crippen MR) is 120 cm³/mol. The molecule has 7 heteroatoms. The zero-order valence-electron chi connectivity index (χ0n) is 16.5. The molecule has 1 aromatic carbocycles. The minimum absolute atomic E-state index is 0.